The molecule has 0 atom stereocenters. The second-order valence-corrected chi connectivity index (χ2v) is 4.06. The molecule has 1 rings (SSSR count). The first-order valence-corrected chi connectivity index (χ1v) is 5.53. The molecule has 0 heterocycles. The lowest BCUT2D eigenvalue weighted by atomic mass is 10.1. The maximum Gasteiger partial charge on any atom is 0.372 e. The average molecular weight is 252 g/mol. The molecule has 1 aromatic rings. The van der Waals surface area contributed by atoms with E-state index in [1.807, 2.05) is 13.8 Å². The zero-order valence-corrected chi connectivity index (χ0v) is 10.6. The zero-order chi connectivity index (χ0) is 13.7. The van der Waals surface area contributed by atoms with Gasteiger partial charge in [0, 0.05) is 6.42 Å². The van der Waals surface area contributed by atoms with Crippen LogP contribution in [-0.2, 0) is 16.0 Å². The second-order valence-electron chi connectivity index (χ2n) is 4.06. The Balaban J connectivity index is 2.95. The summed E-state index contributed by atoms with van der Waals surface area (Å²) in [6, 6.07) is 4.93. The van der Waals surface area contributed by atoms with Crippen LogP contribution in [0.25, 0.3) is 0 Å². The van der Waals surface area contributed by atoms with Crippen LogP contribution < -0.4 is 9.47 Å². The molecule has 0 saturated heterocycles. The van der Waals surface area contributed by atoms with Crippen LogP contribution in [0.1, 0.15) is 19.4 Å². The first-order valence-electron chi connectivity index (χ1n) is 5.53. The minimum Gasteiger partial charge on any atom is -0.493 e. The van der Waals surface area contributed by atoms with E-state index in [4.69, 9.17) is 14.6 Å². The fourth-order valence-corrected chi connectivity index (χ4v) is 1.44. The molecule has 0 aromatic heterocycles. The molecule has 0 aliphatic heterocycles. The van der Waals surface area contributed by atoms with Gasteiger partial charge in [-0.05, 0) is 31.5 Å². The van der Waals surface area contributed by atoms with E-state index in [1.54, 1.807) is 18.2 Å². The molecule has 0 aliphatic rings. The number of hydrogen-bond acceptors (Lipinski definition) is 4. The summed E-state index contributed by atoms with van der Waals surface area (Å²) in [5.41, 5.74) is 0.582. The molecule has 0 fully saturated rings. The molecule has 0 unspecified atom stereocenters. The van der Waals surface area contributed by atoms with Crippen molar-refractivity contribution in [2.45, 2.75) is 26.4 Å². The number of carbonyl (C=O) groups excluding carboxylic acids is 1. The third-order valence-electron chi connectivity index (χ3n) is 2.19. The molecule has 0 bridgehead atoms. The predicted molar refractivity (Wildman–Crippen MR) is 65.1 cm³/mol. The molecule has 0 aliphatic carbocycles. The molecule has 0 spiro atoms. The number of carboxylic acid groups (broad SMARTS) is 1. The summed E-state index contributed by atoms with van der Waals surface area (Å²) in [6.45, 7) is 3.74. The van der Waals surface area contributed by atoms with Crippen molar-refractivity contribution in [3.8, 4) is 11.5 Å². The smallest absolute Gasteiger partial charge is 0.372 e. The lowest BCUT2D eigenvalue weighted by molar-refractivity contribution is -0.148. The molecule has 1 N–H and O–H groups in total. The number of carboxylic acids is 1. The summed E-state index contributed by atoms with van der Waals surface area (Å²) in [5.74, 6) is -1.23. The molecule has 0 amide bonds. The van der Waals surface area contributed by atoms with Gasteiger partial charge in [-0.15, -0.1) is 0 Å². The quantitative estimate of drug-likeness (QED) is 0.780. The number of rotatable bonds is 6. The topological polar surface area (TPSA) is 72.8 Å². The Morgan fingerprint density at radius 1 is 1.28 bits per heavy atom. The van der Waals surface area contributed by atoms with Crippen molar-refractivity contribution in [2.75, 3.05) is 7.11 Å². The van der Waals surface area contributed by atoms with E-state index in [1.165, 1.54) is 7.11 Å². The highest BCUT2D eigenvalue weighted by Gasteiger charge is 2.14. The van der Waals surface area contributed by atoms with Gasteiger partial charge in [-0.1, -0.05) is 6.07 Å². The van der Waals surface area contributed by atoms with Gasteiger partial charge in [-0.25, -0.2) is 4.79 Å². The Kier molecular flexibility index (Phi) is 4.71. The van der Waals surface area contributed by atoms with Gasteiger partial charge in [0.15, 0.2) is 11.5 Å². The van der Waals surface area contributed by atoms with Crippen molar-refractivity contribution in [2.24, 2.45) is 0 Å². The van der Waals surface area contributed by atoms with Crippen LogP contribution in [0.3, 0.4) is 0 Å². The number of hydrogen-bond donors (Lipinski definition) is 1. The number of carbonyl (C=O) groups is 2. The SMILES string of the molecule is COc1ccc(CC(=O)C(=O)O)cc1OC(C)C. The fraction of sp³-hybridized carbons (Fsp3) is 0.385. The maximum atomic E-state index is 11.1. The molecule has 5 heteroatoms. The van der Waals surface area contributed by atoms with E-state index < -0.39 is 11.8 Å². The predicted octanol–water partition coefficient (Wildman–Crippen LogP) is 1.68. The van der Waals surface area contributed by atoms with Crippen LogP contribution in [0.2, 0.25) is 0 Å². The van der Waals surface area contributed by atoms with Crippen LogP contribution >= 0.6 is 0 Å². The number of methoxy groups -OCH3 is 1. The van der Waals surface area contributed by atoms with Crippen LogP contribution in [0, 0.1) is 0 Å². The van der Waals surface area contributed by atoms with E-state index in [2.05, 4.69) is 0 Å². The molecule has 0 radical (unpaired) electrons. The lowest BCUT2D eigenvalue weighted by Gasteiger charge is -2.14. The van der Waals surface area contributed by atoms with Crippen LogP contribution in [0.5, 0.6) is 11.5 Å². The third-order valence-corrected chi connectivity index (χ3v) is 2.19. The van der Waals surface area contributed by atoms with E-state index in [9.17, 15) is 9.59 Å². The van der Waals surface area contributed by atoms with Gasteiger partial charge in [-0.3, -0.25) is 4.79 Å². The van der Waals surface area contributed by atoms with Crippen LogP contribution in [0.4, 0.5) is 0 Å². The summed E-state index contributed by atoms with van der Waals surface area (Å²) in [5, 5.41) is 8.55. The minimum atomic E-state index is -1.43. The van der Waals surface area contributed by atoms with E-state index in [0.717, 1.165) is 0 Å². The molecule has 98 valence electrons. The zero-order valence-electron chi connectivity index (χ0n) is 10.6. The second kappa shape index (κ2) is 6.05. The highest BCUT2D eigenvalue weighted by molar-refractivity contribution is 6.33. The van der Waals surface area contributed by atoms with E-state index >= 15 is 0 Å². The summed E-state index contributed by atoms with van der Waals surface area (Å²) in [4.78, 5) is 21.6. The summed E-state index contributed by atoms with van der Waals surface area (Å²) in [6.07, 6.45) is -0.197. The normalized spacial score (nSPS) is 10.2. The van der Waals surface area contributed by atoms with Gasteiger partial charge >= 0.3 is 5.97 Å². The Hall–Kier alpha value is -2.04. The van der Waals surface area contributed by atoms with Crippen molar-refractivity contribution >= 4 is 11.8 Å². The van der Waals surface area contributed by atoms with Crippen molar-refractivity contribution in [3.63, 3.8) is 0 Å². The van der Waals surface area contributed by atoms with Gasteiger partial charge in [0.05, 0.1) is 13.2 Å². The number of benzene rings is 1. The number of aliphatic carboxylic acids is 1. The number of ketones is 1. The molecule has 1 aromatic carbocycles. The highest BCUT2D eigenvalue weighted by atomic mass is 16.5. The van der Waals surface area contributed by atoms with E-state index in [0.29, 0.717) is 17.1 Å². The number of Topliss-reactive ketones (excluding diaryl/α,β-unsaturated/α-hetero) is 1. The fourth-order valence-electron chi connectivity index (χ4n) is 1.44. The summed E-state index contributed by atoms with van der Waals surface area (Å²) in [7, 11) is 1.52. The standard InChI is InChI=1S/C13H16O5/c1-8(2)18-12-7-9(4-5-11(12)17-3)6-10(14)13(15)16/h4-5,7-8H,6H2,1-3H3,(H,15,16). The molecular formula is C13H16O5. The van der Waals surface area contributed by atoms with Crippen molar-refractivity contribution in [3.05, 3.63) is 23.8 Å². The molecule has 5 nitrogen and oxygen atoms in total. The van der Waals surface area contributed by atoms with Gasteiger partial charge in [-0.2, -0.15) is 0 Å². The van der Waals surface area contributed by atoms with Crippen molar-refractivity contribution < 1.29 is 24.2 Å². The summed E-state index contributed by atoms with van der Waals surface area (Å²) >= 11 is 0. The minimum absolute atomic E-state index is 0.0377. The van der Waals surface area contributed by atoms with Crippen molar-refractivity contribution in [1.82, 2.24) is 0 Å². The highest BCUT2D eigenvalue weighted by Crippen LogP contribution is 2.29. The third kappa shape index (κ3) is 3.76. The van der Waals surface area contributed by atoms with Gasteiger partial charge in [0.2, 0.25) is 5.78 Å². The largest absolute Gasteiger partial charge is 0.493 e. The Bertz CT molecular complexity index is 451. The Labute approximate surface area is 105 Å². The lowest BCUT2D eigenvalue weighted by Crippen LogP contribution is -2.15. The van der Waals surface area contributed by atoms with E-state index in [-0.39, 0.29) is 12.5 Å². The monoisotopic (exact) mass is 252 g/mol. The van der Waals surface area contributed by atoms with Crippen LogP contribution in [0.15, 0.2) is 18.2 Å². The van der Waals surface area contributed by atoms with Crippen LogP contribution in [-0.4, -0.2) is 30.1 Å². The van der Waals surface area contributed by atoms with Gasteiger partial charge in [0.25, 0.3) is 0 Å². The number of ether oxygens (including phenoxy) is 2. The first kappa shape index (κ1) is 14.0. The Morgan fingerprint density at radius 3 is 2.44 bits per heavy atom. The molecule has 0 saturated carbocycles. The van der Waals surface area contributed by atoms with Gasteiger partial charge < -0.3 is 14.6 Å². The molecular weight excluding hydrogens is 236 g/mol. The van der Waals surface area contributed by atoms with Gasteiger partial charge in [0.1, 0.15) is 0 Å². The Morgan fingerprint density at radius 2 is 1.94 bits per heavy atom. The summed E-state index contributed by atoms with van der Waals surface area (Å²) < 4.78 is 10.7. The first-order chi connectivity index (χ1) is 8.43. The molecule has 18 heavy (non-hydrogen) atoms. The average Bonchev–Trinajstić information content (AvgIpc) is 2.28. The maximum absolute atomic E-state index is 11.1. The van der Waals surface area contributed by atoms with Crippen molar-refractivity contribution in [1.29, 1.82) is 0 Å².